The van der Waals surface area contributed by atoms with Crippen molar-refractivity contribution in [3.05, 3.63) is 28.8 Å². The summed E-state index contributed by atoms with van der Waals surface area (Å²) in [5.74, 6) is 0.789. The predicted octanol–water partition coefficient (Wildman–Crippen LogP) is 2.23. The van der Waals surface area contributed by atoms with Crippen LogP contribution in [0.15, 0.2) is 18.2 Å². The van der Waals surface area contributed by atoms with Gasteiger partial charge in [0.2, 0.25) is 0 Å². The Morgan fingerprint density at radius 1 is 1.50 bits per heavy atom. The average molecular weight is 208 g/mol. The maximum Gasteiger partial charge on any atom is 0.123 e. The smallest absolute Gasteiger partial charge is 0.123 e. The zero-order valence-electron chi connectivity index (χ0n) is 6.71. The van der Waals surface area contributed by atoms with Crippen molar-refractivity contribution in [1.29, 1.82) is 0 Å². The largest absolute Gasteiger partial charge is 0.496 e. The molecule has 0 heterocycles. The van der Waals surface area contributed by atoms with Crippen LogP contribution in [0.25, 0.3) is 0 Å². The quantitative estimate of drug-likeness (QED) is 0.808. The van der Waals surface area contributed by atoms with Gasteiger partial charge in [0.05, 0.1) is 7.11 Å². The van der Waals surface area contributed by atoms with Crippen molar-refractivity contribution in [2.24, 2.45) is 5.73 Å². The lowest BCUT2D eigenvalue weighted by Gasteiger charge is -2.05. The minimum atomic E-state index is 0. The van der Waals surface area contributed by atoms with Gasteiger partial charge in [0.15, 0.2) is 0 Å². The second-order valence-corrected chi connectivity index (χ2v) is 2.60. The van der Waals surface area contributed by atoms with E-state index in [1.165, 1.54) is 0 Å². The van der Waals surface area contributed by atoms with Gasteiger partial charge in [0, 0.05) is 17.1 Å². The van der Waals surface area contributed by atoms with Gasteiger partial charge < -0.3 is 10.5 Å². The lowest BCUT2D eigenvalue weighted by atomic mass is 10.2. The average Bonchev–Trinajstić information content (AvgIpc) is 2.04. The molecule has 1 aromatic carbocycles. The van der Waals surface area contributed by atoms with Gasteiger partial charge >= 0.3 is 0 Å². The van der Waals surface area contributed by atoms with E-state index in [0.717, 1.165) is 11.3 Å². The SMILES string of the molecule is COc1ccc(Cl)cc1CN.Cl. The van der Waals surface area contributed by atoms with E-state index in [9.17, 15) is 0 Å². The molecule has 0 saturated heterocycles. The molecule has 2 nitrogen and oxygen atoms in total. The summed E-state index contributed by atoms with van der Waals surface area (Å²) in [4.78, 5) is 0. The molecule has 2 N–H and O–H groups in total. The van der Waals surface area contributed by atoms with E-state index in [1.807, 2.05) is 6.07 Å². The molecule has 1 aromatic rings. The third-order valence-corrected chi connectivity index (χ3v) is 1.70. The molecular weight excluding hydrogens is 197 g/mol. The van der Waals surface area contributed by atoms with Gasteiger partial charge in [-0.3, -0.25) is 0 Å². The Bertz CT molecular complexity index is 253. The highest BCUT2D eigenvalue weighted by Crippen LogP contribution is 2.21. The number of nitrogens with two attached hydrogens (primary N) is 1. The van der Waals surface area contributed by atoms with E-state index >= 15 is 0 Å². The van der Waals surface area contributed by atoms with E-state index in [1.54, 1.807) is 19.2 Å². The summed E-state index contributed by atoms with van der Waals surface area (Å²) < 4.78 is 5.05. The normalized spacial score (nSPS) is 8.92. The standard InChI is InChI=1S/C8H10ClNO.ClH/c1-11-8-3-2-7(9)4-6(8)5-10;/h2-4H,5,10H2,1H3;1H. The summed E-state index contributed by atoms with van der Waals surface area (Å²) in [7, 11) is 1.61. The topological polar surface area (TPSA) is 35.2 Å². The fraction of sp³-hybridized carbons (Fsp3) is 0.250. The first-order chi connectivity index (χ1) is 5.27. The minimum Gasteiger partial charge on any atom is -0.496 e. The molecule has 0 atom stereocenters. The van der Waals surface area contributed by atoms with E-state index in [4.69, 9.17) is 22.1 Å². The second kappa shape index (κ2) is 5.25. The molecule has 0 saturated carbocycles. The van der Waals surface area contributed by atoms with Crippen molar-refractivity contribution < 1.29 is 4.74 Å². The van der Waals surface area contributed by atoms with Crippen LogP contribution in [0.3, 0.4) is 0 Å². The lowest BCUT2D eigenvalue weighted by Crippen LogP contribution is -1.99. The molecule has 0 amide bonds. The molecule has 1 rings (SSSR count). The van der Waals surface area contributed by atoms with E-state index in [2.05, 4.69) is 0 Å². The number of ether oxygens (including phenoxy) is 1. The molecule has 0 aliphatic carbocycles. The van der Waals surface area contributed by atoms with Crippen LogP contribution in [-0.2, 0) is 6.54 Å². The van der Waals surface area contributed by atoms with E-state index in [-0.39, 0.29) is 12.4 Å². The van der Waals surface area contributed by atoms with Crippen molar-refractivity contribution in [1.82, 2.24) is 0 Å². The van der Waals surface area contributed by atoms with Gasteiger partial charge in [0.1, 0.15) is 5.75 Å². The van der Waals surface area contributed by atoms with Crippen molar-refractivity contribution in [2.45, 2.75) is 6.54 Å². The van der Waals surface area contributed by atoms with Crippen molar-refractivity contribution >= 4 is 24.0 Å². The number of rotatable bonds is 2. The first kappa shape index (κ1) is 11.6. The van der Waals surface area contributed by atoms with Crippen LogP contribution in [0.4, 0.5) is 0 Å². The zero-order chi connectivity index (χ0) is 8.27. The van der Waals surface area contributed by atoms with E-state index < -0.39 is 0 Å². The van der Waals surface area contributed by atoms with Crippen LogP contribution in [-0.4, -0.2) is 7.11 Å². The summed E-state index contributed by atoms with van der Waals surface area (Å²) >= 11 is 5.74. The van der Waals surface area contributed by atoms with Crippen molar-refractivity contribution in [2.75, 3.05) is 7.11 Å². The van der Waals surface area contributed by atoms with Crippen LogP contribution in [0.1, 0.15) is 5.56 Å². The van der Waals surface area contributed by atoms with Crippen molar-refractivity contribution in [3.63, 3.8) is 0 Å². The second-order valence-electron chi connectivity index (χ2n) is 2.16. The maximum absolute atomic E-state index is 5.74. The summed E-state index contributed by atoms with van der Waals surface area (Å²) in [6.45, 7) is 0.448. The van der Waals surface area contributed by atoms with Crippen LogP contribution < -0.4 is 10.5 Å². The van der Waals surface area contributed by atoms with Crippen LogP contribution in [0.5, 0.6) is 5.75 Å². The van der Waals surface area contributed by atoms with Gasteiger partial charge in [-0.05, 0) is 18.2 Å². The maximum atomic E-state index is 5.74. The molecule has 12 heavy (non-hydrogen) atoms. The first-order valence-corrected chi connectivity index (χ1v) is 3.68. The highest BCUT2D eigenvalue weighted by atomic mass is 35.5. The molecule has 0 unspecified atom stereocenters. The number of halogens is 2. The van der Waals surface area contributed by atoms with Gasteiger partial charge in [-0.1, -0.05) is 11.6 Å². The Kier molecular flexibility index (Phi) is 5.06. The molecule has 0 aliphatic heterocycles. The molecule has 0 bridgehead atoms. The molecular formula is C8H11Cl2NO. The Morgan fingerprint density at radius 2 is 2.17 bits per heavy atom. The number of hydrogen-bond donors (Lipinski definition) is 1. The minimum absolute atomic E-state index is 0. The zero-order valence-corrected chi connectivity index (χ0v) is 8.28. The molecule has 68 valence electrons. The fourth-order valence-electron chi connectivity index (χ4n) is 0.907. The predicted molar refractivity (Wildman–Crippen MR) is 53.1 cm³/mol. The Labute approximate surface area is 83.1 Å². The van der Waals surface area contributed by atoms with Gasteiger partial charge in [-0.2, -0.15) is 0 Å². The Morgan fingerprint density at radius 3 is 2.67 bits per heavy atom. The number of methoxy groups -OCH3 is 1. The number of hydrogen-bond acceptors (Lipinski definition) is 2. The molecule has 4 heteroatoms. The van der Waals surface area contributed by atoms with Gasteiger partial charge in [0.25, 0.3) is 0 Å². The van der Waals surface area contributed by atoms with Gasteiger partial charge in [-0.15, -0.1) is 12.4 Å². The molecule has 0 spiro atoms. The highest BCUT2D eigenvalue weighted by molar-refractivity contribution is 6.30. The molecule has 0 aromatic heterocycles. The highest BCUT2D eigenvalue weighted by Gasteiger charge is 1.99. The summed E-state index contributed by atoms with van der Waals surface area (Å²) in [6, 6.07) is 5.39. The Hall–Kier alpha value is -0.440. The fourth-order valence-corrected chi connectivity index (χ4v) is 1.10. The molecule has 0 fully saturated rings. The Balaban J connectivity index is 0.00000121. The van der Waals surface area contributed by atoms with E-state index in [0.29, 0.717) is 11.6 Å². The van der Waals surface area contributed by atoms with Crippen molar-refractivity contribution in [3.8, 4) is 5.75 Å². The summed E-state index contributed by atoms with van der Waals surface area (Å²) in [5, 5.41) is 0.686. The van der Waals surface area contributed by atoms with Crippen LogP contribution in [0, 0.1) is 0 Å². The lowest BCUT2D eigenvalue weighted by molar-refractivity contribution is 0.410. The van der Waals surface area contributed by atoms with Crippen LogP contribution >= 0.6 is 24.0 Å². The monoisotopic (exact) mass is 207 g/mol. The van der Waals surface area contributed by atoms with Crippen LogP contribution in [0.2, 0.25) is 5.02 Å². The molecule has 0 aliphatic rings. The summed E-state index contributed by atoms with van der Waals surface area (Å²) in [5.41, 5.74) is 6.39. The third-order valence-electron chi connectivity index (χ3n) is 1.46. The molecule has 0 radical (unpaired) electrons. The third kappa shape index (κ3) is 2.55. The summed E-state index contributed by atoms with van der Waals surface area (Å²) in [6.07, 6.45) is 0. The number of benzene rings is 1. The first-order valence-electron chi connectivity index (χ1n) is 3.30. The van der Waals surface area contributed by atoms with Gasteiger partial charge in [-0.25, -0.2) is 0 Å².